The highest BCUT2D eigenvalue weighted by molar-refractivity contribution is 5.78. The molecule has 0 radical (unpaired) electrons. The van der Waals surface area contributed by atoms with Crippen LogP contribution in [0, 0.1) is 68.0 Å². The molecule has 654 valence electrons. The van der Waals surface area contributed by atoms with Crippen LogP contribution in [0.5, 0.6) is 0 Å². The first kappa shape index (κ1) is 106. The minimum Gasteiger partial charge on any atom is -0.465 e. The first-order valence-electron chi connectivity index (χ1n) is 44.1. The van der Waals surface area contributed by atoms with Crippen molar-refractivity contribution in [3.63, 3.8) is 0 Å². The minimum absolute atomic E-state index is 0.0473. The summed E-state index contributed by atoms with van der Waals surface area (Å²) in [6.07, 6.45) is 21.9. The molecule has 6 heterocycles. The third kappa shape index (κ3) is 36.1. The molecule has 0 amide bonds. The molecule has 18 heteroatoms. The molecule has 0 saturated carbocycles. The number of hydrogen-bond donors (Lipinski definition) is 0. The maximum atomic E-state index is 12.1. The molecule has 6 fully saturated rings. The van der Waals surface area contributed by atoms with E-state index in [-0.39, 0.29) is 90.5 Å². The van der Waals surface area contributed by atoms with Gasteiger partial charge in [0.1, 0.15) is 0 Å². The van der Waals surface area contributed by atoms with Crippen LogP contribution in [0.4, 0.5) is 0 Å². The Kier molecular flexibility index (Phi) is 44.4. The summed E-state index contributed by atoms with van der Waals surface area (Å²) < 4.78 is 32.9. The number of likely N-dealkylation sites (tertiary alicyclic amines) is 6. The second kappa shape index (κ2) is 46.7. The first-order chi connectivity index (χ1) is 50.8. The molecular formula is C93H180N6O12. The second-order valence-electron chi connectivity index (χ2n) is 41.8. The Morgan fingerprint density at radius 1 is 0.297 bits per heavy atom. The fourth-order valence-corrected chi connectivity index (χ4v) is 15.7. The van der Waals surface area contributed by atoms with Gasteiger partial charge in [0, 0.05) is 46.3 Å². The average Bonchev–Trinajstić information content (AvgIpc) is 0.782. The van der Waals surface area contributed by atoms with Gasteiger partial charge in [0.25, 0.3) is 0 Å². The van der Waals surface area contributed by atoms with Crippen LogP contribution in [-0.2, 0) is 57.2 Å². The van der Waals surface area contributed by atoms with Gasteiger partial charge in [-0.2, -0.15) is 0 Å². The number of carbonyl (C=O) groups is 6. The number of rotatable bonds is 27. The predicted octanol–water partition coefficient (Wildman–Crippen LogP) is 19.7. The van der Waals surface area contributed by atoms with Gasteiger partial charge >= 0.3 is 35.8 Å². The Balaban J connectivity index is 0.000000667. The summed E-state index contributed by atoms with van der Waals surface area (Å²) in [6, 6.07) is 2.43. The van der Waals surface area contributed by atoms with Crippen LogP contribution in [0.25, 0.3) is 0 Å². The zero-order valence-electron chi connectivity index (χ0n) is 79.3. The van der Waals surface area contributed by atoms with E-state index in [0.717, 1.165) is 115 Å². The quantitative estimate of drug-likeness (QED) is 0.0560. The van der Waals surface area contributed by atoms with Crippen LogP contribution in [0.15, 0.2) is 0 Å². The second-order valence-corrected chi connectivity index (χ2v) is 41.8. The monoisotopic (exact) mass is 1570 g/mol. The summed E-state index contributed by atoms with van der Waals surface area (Å²) in [5.41, 5.74) is -1.34. The van der Waals surface area contributed by atoms with Crippen molar-refractivity contribution in [2.24, 2.45) is 68.0 Å². The number of esters is 6. The molecule has 6 saturated heterocycles. The normalized spacial score (nSPS) is 24.3. The van der Waals surface area contributed by atoms with Crippen LogP contribution < -0.4 is 0 Å². The van der Waals surface area contributed by atoms with Gasteiger partial charge in [0.05, 0.1) is 72.1 Å². The van der Waals surface area contributed by atoms with Gasteiger partial charge in [0.2, 0.25) is 0 Å². The molecule has 6 rings (SSSR count). The Morgan fingerprint density at radius 2 is 0.505 bits per heavy atom. The van der Waals surface area contributed by atoms with E-state index in [1.807, 2.05) is 125 Å². The molecule has 0 aromatic heterocycles. The molecule has 0 N–H and O–H groups in total. The van der Waals surface area contributed by atoms with Crippen molar-refractivity contribution in [2.75, 3.05) is 108 Å². The highest BCUT2D eigenvalue weighted by Crippen LogP contribution is 2.43. The molecular weight excluding hydrogens is 1390 g/mol. The number of carbonyl (C=O) groups excluding carboxylic acids is 6. The smallest absolute Gasteiger partial charge is 0.311 e. The summed E-state index contributed by atoms with van der Waals surface area (Å²) in [5, 5.41) is 0. The van der Waals surface area contributed by atoms with Crippen molar-refractivity contribution in [1.29, 1.82) is 0 Å². The van der Waals surface area contributed by atoms with Gasteiger partial charge in [-0.3, -0.25) is 38.6 Å². The maximum absolute atomic E-state index is 12.1. The van der Waals surface area contributed by atoms with E-state index >= 15 is 0 Å². The van der Waals surface area contributed by atoms with Gasteiger partial charge in [0.15, 0.2) is 0 Å². The third-order valence-electron chi connectivity index (χ3n) is 28.2. The van der Waals surface area contributed by atoms with Gasteiger partial charge in [-0.1, -0.05) is 41.5 Å². The lowest BCUT2D eigenvalue weighted by Gasteiger charge is -2.53. The number of ether oxygens (including phenoxy) is 6. The molecule has 0 aliphatic carbocycles. The standard InChI is InChI=1S/C18H35NO2.C17H33NO2.C16H31NO2.C15H29NO2.C14H27NO2.C13H25NO2/c1-9-16(2,3)15(20)21-11-10-14-12-17(4,5)19(8)18(6,7)13-14;1-9-15(2,3)14(19)20-12-13-10-16(4,5)18(8)17(6,7)11-13;1-7-16(4,5)15(18)19-9-8-14-10-12(2)17(6)13(3)11-14;1-7-15(4,5)14(17)18-10-13-8-11(2)16(6)12(3)9-13;1-5-14(2,3)13(16)17-11-8-12-6-9-15(4)10-7-12;1-5-13(2,3)12(15)16-10-11-6-8-14(4)9-7-11/h14H,9-13H2,1-8H3;13H,9-12H2,1-8H3;12-14H,7-11H2,1-6H3;11-13H,7-10H2,1-6H3;12H,5-11H2,1-4H3;11H,5-10H2,1-4H3. The molecule has 0 spiro atoms. The van der Waals surface area contributed by atoms with E-state index in [4.69, 9.17) is 28.4 Å². The van der Waals surface area contributed by atoms with Crippen molar-refractivity contribution in [3.8, 4) is 0 Å². The molecule has 18 nitrogen and oxygen atoms in total. The molecule has 0 bridgehead atoms. The number of nitrogens with zero attached hydrogens (tertiary/aromatic N) is 6. The van der Waals surface area contributed by atoms with E-state index in [2.05, 4.69) is 155 Å². The SMILES string of the molecule is CCC(C)(C)C(=O)OCC1CC(C)(C)N(C)C(C)(C)C1.CCC(C)(C)C(=O)OCC1CC(C)N(C)C(C)C1.CCC(C)(C)C(=O)OCC1CCN(C)CC1.CCC(C)(C)C(=O)OCCC1CC(C)(C)N(C)C(C)(C)C1.CCC(C)(C)C(=O)OCCC1CC(C)N(C)C(C)C1.CCC(C)(C)C(=O)OCCC1CCN(C)CC1. The summed E-state index contributed by atoms with van der Waals surface area (Å²) in [5.74, 6) is 3.27. The summed E-state index contributed by atoms with van der Waals surface area (Å²) in [7, 11) is 13.1. The Labute approximate surface area is 684 Å². The van der Waals surface area contributed by atoms with Crippen molar-refractivity contribution in [1.82, 2.24) is 29.4 Å². The van der Waals surface area contributed by atoms with E-state index in [1.165, 1.54) is 51.6 Å². The summed E-state index contributed by atoms with van der Waals surface area (Å²) in [4.78, 5) is 85.9. The van der Waals surface area contributed by atoms with Crippen molar-refractivity contribution in [2.45, 2.75) is 389 Å². The lowest BCUT2D eigenvalue weighted by atomic mass is 9.73. The maximum Gasteiger partial charge on any atom is 0.311 e. The zero-order valence-corrected chi connectivity index (χ0v) is 79.3. The molecule has 0 aromatic carbocycles. The topological polar surface area (TPSA) is 177 Å². The van der Waals surface area contributed by atoms with Crippen molar-refractivity contribution < 1.29 is 57.2 Å². The molecule has 6 aliphatic rings. The van der Waals surface area contributed by atoms with Crippen LogP contribution in [0.2, 0.25) is 0 Å². The Morgan fingerprint density at radius 3 is 0.775 bits per heavy atom. The first-order valence-corrected chi connectivity index (χ1v) is 44.1. The van der Waals surface area contributed by atoms with Crippen molar-refractivity contribution >= 4 is 35.8 Å². The van der Waals surface area contributed by atoms with E-state index in [0.29, 0.717) is 93.4 Å². The largest absolute Gasteiger partial charge is 0.465 e. The highest BCUT2D eigenvalue weighted by atomic mass is 16.6. The lowest BCUT2D eigenvalue weighted by molar-refractivity contribution is -0.158. The van der Waals surface area contributed by atoms with E-state index < -0.39 is 0 Å². The Hall–Kier alpha value is -3.42. The van der Waals surface area contributed by atoms with E-state index in [9.17, 15) is 28.8 Å². The van der Waals surface area contributed by atoms with Crippen LogP contribution in [0.1, 0.15) is 343 Å². The highest BCUT2D eigenvalue weighted by Gasteiger charge is 2.46. The summed E-state index contributed by atoms with van der Waals surface area (Å²) >= 11 is 0. The van der Waals surface area contributed by atoms with Crippen LogP contribution in [-0.4, -0.2) is 220 Å². The third-order valence-corrected chi connectivity index (χ3v) is 28.2. The lowest BCUT2D eigenvalue weighted by Crippen LogP contribution is -2.59. The molecule has 111 heavy (non-hydrogen) atoms. The van der Waals surface area contributed by atoms with Gasteiger partial charge in [-0.05, 0) is 405 Å². The average molecular weight is 1570 g/mol. The fraction of sp³-hybridized carbons (Fsp3) is 0.935. The van der Waals surface area contributed by atoms with Crippen molar-refractivity contribution in [3.05, 3.63) is 0 Å². The minimum atomic E-state index is -0.365. The molecule has 4 unspecified atom stereocenters. The molecule has 6 aliphatic heterocycles. The molecule has 0 aromatic rings. The Bertz CT molecular complexity index is 2660. The number of piperidine rings is 6. The summed E-state index contributed by atoms with van der Waals surface area (Å²) in [6.45, 7) is 71.1. The van der Waals surface area contributed by atoms with Crippen LogP contribution in [0.3, 0.4) is 0 Å². The van der Waals surface area contributed by atoms with Crippen LogP contribution >= 0.6 is 0 Å². The zero-order chi connectivity index (χ0) is 85.9. The van der Waals surface area contributed by atoms with Gasteiger partial charge in [-0.15, -0.1) is 0 Å². The predicted molar refractivity (Wildman–Crippen MR) is 461 cm³/mol. The number of hydrogen-bond acceptors (Lipinski definition) is 18. The fourth-order valence-electron chi connectivity index (χ4n) is 15.7. The van der Waals surface area contributed by atoms with Gasteiger partial charge < -0.3 is 48.0 Å². The van der Waals surface area contributed by atoms with E-state index in [1.54, 1.807) is 0 Å². The molecule has 4 atom stereocenters. The van der Waals surface area contributed by atoms with Gasteiger partial charge in [-0.25, -0.2) is 0 Å².